The molecule has 0 N–H and O–H groups in total. The highest BCUT2D eigenvalue weighted by Gasteiger charge is 2.51. The van der Waals surface area contributed by atoms with Crippen molar-refractivity contribution < 1.29 is 8.42 Å². The predicted molar refractivity (Wildman–Crippen MR) is 97.0 cm³/mol. The maximum absolute atomic E-state index is 12.1. The number of halogens is 1. The number of hydrogen-bond acceptors (Lipinski definition) is 3. The van der Waals surface area contributed by atoms with Crippen molar-refractivity contribution >= 4 is 48.8 Å². The lowest BCUT2D eigenvalue weighted by atomic mass is 10.1. The van der Waals surface area contributed by atoms with Gasteiger partial charge in [0.1, 0.15) is 0 Å². The second-order valence-electron chi connectivity index (χ2n) is 6.39. The van der Waals surface area contributed by atoms with Gasteiger partial charge < -0.3 is 9.80 Å². The summed E-state index contributed by atoms with van der Waals surface area (Å²) in [7, 11) is -3.00. The molecule has 2 fully saturated rings. The van der Waals surface area contributed by atoms with E-state index in [2.05, 4.69) is 34.7 Å². The Kier molecular flexibility index (Phi) is 4.24. The molecule has 2 aliphatic heterocycles. The van der Waals surface area contributed by atoms with Crippen LogP contribution in [-0.2, 0) is 9.84 Å². The third-order valence-electron chi connectivity index (χ3n) is 4.13. The highest BCUT2D eigenvalue weighted by Crippen LogP contribution is 2.36. The standard InChI is InChI=1S/C15H19BrN2O2S2/c1-10(2)7-17-13-8-22(19,20)9-14(13)18(15(17)21)12-5-3-4-11(16)6-12/h3-6,10,13-14H,7-9H2,1-2H3/t13-,14-/m0/s1. The smallest absolute Gasteiger partial charge is 0.176 e. The molecule has 2 heterocycles. The lowest BCUT2D eigenvalue weighted by Crippen LogP contribution is -2.39. The summed E-state index contributed by atoms with van der Waals surface area (Å²) in [4.78, 5) is 4.13. The summed E-state index contributed by atoms with van der Waals surface area (Å²) in [6.45, 7) is 5.05. The Labute approximate surface area is 145 Å². The quantitative estimate of drug-likeness (QED) is 0.726. The number of nitrogens with zero attached hydrogens (tertiary/aromatic N) is 2. The third kappa shape index (κ3) is 2.90. The van der Waals surface area contributed by atoms with E-state index in [1.165, 1.54) is 0 Å². The van der Waals surface area contributed by atoms with Crippen LogP contribution < -0.4 is 4.90 Å². The van der Waals surface area contributed by atoms with E-state index < -0.39 is 9.84 Å². The summed E-state index contributed by atoms with van der Waals surface area (Å²) in [5, 5.41) is 0.747. The van der Waals surface area contributed by atoms with Crippen LogP contribution in [-0.4, -0.2) is 48.6 Å². The number of rotatable bonds is 3. The van der Waals surface area contributed by atoms with Gasteiger partial charge in [0, 0.05) is 16.7 Å². The van der Waals surface area contributed by atoms with Crippen molar-refractivity contribution in [1.29, 1.82) is 0 Å². The van der Waals surface area contributed by atoms with Crippen LogP contribution in [0, 0.1) is 5.92 Å². The van der Waals surface area contributed by atoms with Crippen LogP contribution in [0.5, 0.6) is 0 Å². The Morgan fingerprint density at radius 1 is 1.32 bits per heavy atom. The molecule has 0 radical (unpaired) electrons. The third-order valence-corrected chi connectivity index (χ3v) is 6.75. The summed E-state index contributed by atoms with van der Waals surface area (Å²) in [5.74, 6) is 0.817. The molecule has 4 nitrogen and oxygen atoms in total. The average Bonchev–Trinajstić information content (AvgIpc) is 2.82. The van der Waals surface area contributed by atoms with Crippen molar-refractivity contribution in [3.05, 3.63) is 28.7 Å². The van der Waals surface area contributed by atoms with Crippen molar-refractivity contribution in [1.82, 2.24) is 4.90 Å². The van der Waals surface area contributed by atoms with Crippen LogP contribution in [0.4, 0.5) is 5.69 Å². The molecule has 1 aromatic rings. The van der Waals surface area contributed by atoms with E-state index in [0.29, 0.717) is 5.92 Å². The topological polar surface area (TPSA) is 40.6 Å². The van der Waals surface area contributed by atoms with Gasteiger partial charge in [0.2, 0.25) is 0 Å². The minimum absolute atomic E-state index is 0.0288. The fourth-order valence-electron chi connectivity index (χ4n) is 3.31. The van der Waals surface area contributed by atoms with E-state index in [-0.39, 0.29) is 23.6 Å². The first kappa shape index (κ1) is 16.2. The molecule has 0 amide bonds. The zero-order valence-electron chi connectivity index (χ0n) is 12.6. The second-order valence-corrected chi connectivity index (χ2v) is 9.82. The number of sulfone groups is 1. The van der Waals surface area contributed by atoms with E-state index in [9.17, 15) is 8.42 Å². The molecule has 1 aromatic carbocycles. The van der Waals surface area contributed by atoms with E-state index in [1.807, 2.05) is 29.2 Å². The monoisotopic (exact) mass is 402 g/mol. The van der Waals surface area contributed by atoms with Crippen LogP contribution in [0.15, 0.2) is 28.7 Å². The van der Waals surface area contributed by atoms with Gasteiger partial charge in [-0.05, 0) is 36.3 Å². The van der Waals surface area contributed by atoms with E-state index in [0.717, 1.165) is 21.8 Å². The largest absolute Gasteiger partial charge is 0.342 e. The molecule has 0 saturated carbocycles. The van der Waals surface area contributed by atoms with Crippen LogP contribution >= 0.6 is 28.1 Å². The highest BCUT2D eigenvalue weighted by molar-refractivity contribution is 9.10. The summed E-state index contributed by atoms with van der Waals surface area (Å²) < 4.78 is 25.2. The Balaban J connectivity index is 2.01. The molecule has 22 heavy (non-hydrogen) atoms. The average molecular weight is 403 g/mol. The number of benzene rings is 1. The molecule has 2 saturated heterocycles. The Hall–Kier alpha value is -0.660. The van der Waals surface area contributed by atoms with Crippen molar-refractivity contribution in [2.75, 3.05) is 23.0 Å². The van der Waals surface area contributed by atoms with Gasteiger partial charge in [-0.1, -0.05) is 35.8 Å². The molecule has 0 aromatic heterocycles. The SMILES string of the molecule is CC(C)CN1C(=S)N(c2cccc(Br)c2)[C@H]2CS(=O)(=O)C[C@@H]21. The van der Waals surface area contributed by atoms with Gasteiger partial charge in [0.05, 0.1) is 23.6 Å². The minimum Gasteiger partial charge on any atom is -0.342 e. The summed E-state index contributed by atoms with van der Waals surface area (Å²) in [6, 6.07) is 7.78. The Morgan fingerprint density at radius 3 is 2.64 bits per heavy atom. The molecular formula is C15H19BrN2O2S2. The first-order valence-electron chi connectivity index (χ1n) is 7.34. The van der Waals surface area contributed by atoms with Gasteiger partial charge in [0.25, 0.3) is 0 Å². The lowest BCUT2D eigenvalue weighted by Gasteiger charge is -2.27. The van der Waals surface area contributed by atoms with Crippen LogP contribution in [0.25, 0.3) is 0 Å². The molecule has 2 aliphatic rings. The molecular weight excluding hydrogens is 384 g/mol. The summed E-state index contributed by atoms with van der Waals surface area (Å²) in [5.41, 5.74) is 0.956. The van der Waals surface area contributed by atoms with E-state index >= 15 is 0 Å². The van der Waals surface area contributed by atoms with Crippen LogP contribution in [0.2, 0.25) is 0 Å². The summed E-state index contributed by atoms with van der Waals surface area (Å²) in [6.07, 6.45) is 0. The van der Waals surface area contributed by atoms with Gasteiger partial charge in [-0.3, -0.25) is 0 Å². The van der Waals surface area contributed by atoms with Crippen molar-refractivity contribution in [3.8, 4) is 0 Å². The molecule has 7 heteroatoms. The number of thiocarbonyl (C=S) groups is 1. The molecule has 3 rings (SSSR count). The van der Waals surface area contributed by atoms with Crippen molar-refractivity contribution in [3.63, 3.8) is 0 Å². The second kappa shape index (κ2) is 5.76. The van der Waals surface area contributed by atoms with Crippen LogP contribution in [0.3, 0.4) is 0 Å². The first-order valence-corrected chi connectivity index (χ1v) is 10.4. The zero-order valence-corrected chi connectivity index (χ0v) is 15.8. The maximum atomic E-state index is 12.1. The maximum Gasteiger partial charge on any atom is 0.176 e. The number of anilines is 1. The Morgan fingerprint density at radius 2 is 2.00 bits per heavy atom. The zero-order chi connectivity index (χ0) is 16.1. The van der Waals surface area contributed by atoms with E-state index in [4.69, 9.17) is 12.2 Å². The fourth-order valence-corrected chi connectivity index (χ4v) is 6.10. The minimum atomic E-state index is -3.00. The van der Waals surface area contributed by atoms with Crippen molar-refractivity contribution in [2.45, 2.75) is 25.9 Å². The lowest BCUT2D eigenvalue weighted by molar-refractivity contribution is 0.319. The predicted octanol–water partition coefficient (Wildman–Crippen LogP) is 2.68. The fraction of sp³-hybridized carbons (Fsp3) is 0.533. The van der Waals surface area contributed by atoms with E-state index in [1.54, 1.807) is 0 Å². The summed E-state index contributed by atoms with van der Waals surface area (Å²) >= 11 is 9.15. The van der Waals surface area contributed by atoms with Gasteiger partial charge in [0.15, 0.2) is 14.9 Å². The van der Waals surface area contributed by atoms with Gasteiger partial charge >= 0.3 is 0 Å². The van der Waals surface area contributed by atoms with Gasteiger partial charge in [-0.15, -0.1) is 0 Å². The van der Waals surface area contributed by atoms with Crippen LogP contribution in [0.1, 0.15) is 13.8 Å². The molecule has 0 bridgehead atoms. The molecule has 0 unspecified atom stereocenters. The first-order chi connectivity index (χ1) is 10.3. The number of fused-ring (bicyclic) bond motifs is 1. The highest BCUT2D eigenvalue weighted by atomic mass is 79.9. The normalized spacial score (nSPS) is 26.8. The van der Waals surface area contributed by atoms with Crippen molar-refractivity contribution in [2.24, 2.45) is 5.92 Å². The molecule has 0 spiro atoms. The van der Waals surface area contributed by atoms with Gasteiger partial charge in [-0.2, -0.15) is 0 Å². The molecule has 120 valence electrons. The number of hydrogen-bond donors (Lipinski definition) is 0. The van der Waals surface area contributed by atoms with Gasteiger partial charge in [-0.25, -0.2) is 8.42 Å². The molecule has 0 aliphatic carbocycles. The molecule has 2 atom stereocenters. The Bertz CT molecular complexity index is 705.